The zero-order valence-electron chi connectivity index (χ0n) is 21.4. The lowest BCUT2D eigenvalue weighted by molar-refractivity contribution is -0.146. The van der Waals surface area contributed by atoms with Gasteiger partial charge in [-0.1, -0.05) is 72.8 Å². The fourth-order valence-electron chi connectivity index (χ4n) is 4.57. The summed E-state index contributed by atoms with van der Waals surface area (Å²) in [6.07, 6.45) is 0. The Morgan fingerprint density at radius 1 is 0.775 bits per heavy atom. The highest BCUT2D eigenvalue weighted by Gasteiger charge is 2.37. The summed E-state index contributed by atoms with van der Waals surface area (Å²) in [6, 6.07) is 29.8. The fraction of sp³-hybridized carbons (Fsp3) is 0.125. The van der Waals surface area contributed by atoms with Crippen molar-refractivity contribution < 1.29 is 28.6 Å². The van der Waals surface area contributed by atoms with Crippen LogP contribution in [0.2, 0.25) is 0 Å². The third-order valence-electron chi connectivity index (χ3n) is 6.63. The van der Waals surface area contributed by atoms with Gasteiger partial charge in [-0.2, -0.15) is 0 Å². The number of carbonyl (C=O) groups excluding carboxylic acids is 3. The minimum atomic E-state index is -0.823. The Morgan fingerprint density at radius 3 is 2.02 bits per heavy atom. The fourth-order valence-corrected chi connectivity index (χ4v) is 4.57. The highest BCUT2D eigenvalue weighted by molar-refractivity contribution is 6.34. The molecule has 0 N–H and O–H groups in total. The number of hydrogen-bond donors (Lipinski definition) is 0. The molecule has 2 aliphatic rings. The van der Waals surface area contributed by atoms with Crippen molar-refractivity contribution >= 4 is 29.4 Å². The first-order chi connectivity index (χ1) is 19.6. The lowest BCUT2D eigenvalue weighted by Crippen LogP contribution is -2.29. The molecule has 4 aromatic carbocycles. The first-order valence-corrected chi connectivity index (χ1v) is 12.8. The van der Waals surface area contributed by atoms with Gasteiger partial charge in [0, 0.05) is 6.07 Å². The molecule has 0 aliphatic carbocycles. The lowest BCUT2D eigenvalue weighted by atomic mass is 10.1. The van der Waals surface area contributed by atoms with Gasteiger partial charge in [-0.05, 0) is 35.4 Å². The van der Waals surface area contributed by atoms with E-state index in [1.807, 2.05) is 60.7 Å². The van der Waals surface area contributed by atoms with Crippen molar-refractivity contribution in [2.45, 2.75) is 19.3 Å². The number of rotatable bonds is 8. The molecule has 4 aromatic rings. The van der Waals surface area contributed by atoms with Crippen LogP contribution < -0.4 is 9.64 Å². The van der Waals surface area contributed by atoms with Crippen molar-refractivity contribution in [1.29, 1.82) is 0 Å². The largest absolute Gasteiger partial charge is 0.488 e. The van der Waals surface area contributed by atoms with Gasteiger partial charge in [-0.15, -0.1) is 0 Å². The Bertz CT molecular complexity index is 1580. The molecule has 0 saturated heterocycles. The van der Waals surface area contributed by atoms with Gasteiger partial charge in [-0.3, -0.25) is 9.59 Å². The first-order valence-electron chi connectivity index (χ1n) is 12.8. The van der Waals surface area contributed by atoms with Crippen LogP contribution in [-0.2, 0) is 27.5 Å². The normalized spacial score (nSPS) is 15.8. The Morgan fingerprint density at radius 2 is 1.38 bits per heavy atom. The second-order valence-electron chi connectivity index (χ2n) is 9.30. The van der Waals surface area contributed by atoms with E-state index in [4.69, 9.17) is 14.2 Å². The van der Waals surface area contributed by atoms with E-state index in [2.05, 4.69) is 4.99 Å². The smallest absolute Gasteiger partial charge is 0.334 e. The summed E-state index contributed by atoms with van der Waals surface area (Å²) in [7, 11) is 0. The molecule has 2 heterocycles. The van der Waals surface area contributed by atoms with Crippen LogP contribution in [0, 0.1) is 0 Å². The zero-order valence-corrected chi connectivity index (χ0v) is 21.4. The number of ether oxygens (including phenoxy) is 3. The number of hydrogen-bond acceptors (Lipinski definition) is 7. The molecule has 8 heteroatoms. The molecule has 2 amide bonds. The summed E-state index contributed by atoms with van der Waals surface area (Å²) in [6.45, 7) is 0.401. The highest BCUT2D eigenvalue weighted by atomic mass is 16.5. The molecule has 2 aliphatic heterocycles. The van der Waals surface area contributed by atoms with Gasteiger partial charge in [-0.25, -0.2) is 14.7 Å². The topological polar surface area (TPSA) is 94.5 Å². The van der Waals surface area contributed by atoms with Crippen molar-refractivity contribution in [2.75, 3.05) is 11.5 Å². The third-order valence-corrected chi connectivity index (χ3v) is 6.63. The molecule has 0 radical (unpaired) electrons. The molecule has 0 fully saturated rings. The van der Waals surface area contributed by atoms with Crippen LogP contribution in [0.5, 0.6) is 5.75 Å². The van der Waals surface area contributed by atoms with Gasteiger partial charge >= 0.3 is 5.97 Å². The average molecular weight is 533 g/mol. The Labute approximate surface area is 230 Å². The summed E-state index contributed by atoms with van der Waals surface area (Å²) >= 11 is 0. The summed E-state index contributed by atoms with van der Waals surface area (Å²) in [5.41, 5.74) is 3.35. The van der Waals surface area contributed by atoms with E-state index in [1.165, 1.54) is 0 Å². The minimum Gasteiger partial charge on any atom is -0.488 e. The number of nitrogens with zero attached hydrogens (tertiary/aromatic N) is 2. The van der Waals surface area contributed by atoms with Crippen molar-refractivity contribution in [3.63, 3.8) is 0 Å². The van der Waals surface area contributed by atoms with Crippen LogP contribution >= 0.6 is 0 Å². The number of anilines is 1. The molecule has 198 valence electrons. The molecule has 6 rings (SSSR count). The molecular formula is C32H24N2O6. The van der Waals surface area contributed by atoms with Crippen molar-refractivity contribution in [1.82, 2.24) is 0 Å². The predicted octanol–water partition coefficient (Wildman–Crippen LogP) is 4.96. The monoisotopic (exact) mass is 532 g/mol. The zero-order chi connectivity index (χ0) is 27.5. The third kappa shape index (κ3) is 4.94. The minimum absolute atomic E-state index is 0.0290. The van der Waals surface area contributed by atoms with Crippen molar-refractivity contribution in [3.05, 3.63) is 131 Å². The van der Waals surface area contributed by atoms with E-state index in [-0.39, 0.29) is 25.7 Å². The predicted molar refractivity (Wildman–Crippen MR) is 147 cm³/mol. The Balaban J connectivity index is 1.27. The number of amides is 2. The second-order valence-corrected chi connectivity index (χ2v) is 9.30. The van der Waals surface area contributed by atoms with E-state index in [0.29, 0.717) is 28.1 Å². The number of imide groups is 1. The summed E-state index contributed by atoms with van der Waals surface area (Å²) in [4.78, 5) is 44.4. The van der Waals surface area contributed by atoms with E-state index in [1.54, 1.807) is 42.5 Å². The molecule has 0 unspecified atom stereocenters. The maximum absolute atomic E-state index is 13.1. The van der Waals surface area contributed by atoms with E-state index < -0.39 is 23.8 Å². The average Bonchev–Trinajstić information content (AvgIpc) is 3.59. The molecule has 0 spiro atoms. The first kappa shape index (κ1) is 25.1. The molecule has 0 bridgehead atoms. The molecule has 1 atom stereocenters. The van der Waals surface area contributed by atoms with Crippen LogP contribution in [0.4, 0.5) is 5.69 Å². The summed E-state index contributed by atoms with van der Waals surface area (Å²) < 4.78 is 17.4. The number of esters is 1. The number of fused-ring (bicyclic) bond motifs is 1. The van der Waals surface area contributed by atoms with Crippen molar-refractivity contribution in [3.8, 4) is 5.75 Å². The number of aliphatic imine (C=N–C) groups is 1. The highest BCUT2D eigenvalue weighted by Crippen LogP contribution is 2.34. The van der Waals surface area contributed by atoms with Crippen LogP contribution in [0.3, 0.4) is 0 Å². The quantitative estimate of drug-likeness (QED) is 0.235. The second kappa shape index (κ2) is 10.9. The van der Waals surface area contributed by atoms with Gasteiger partial charge in [0.15, 0.2) is 6.04 Å². The molecule has 0 aromatic heterocycles. The summed E-state index contributed by atoms with van der Waals surface area (Å²) in [5, 5.41) is 0. The maximum atomic E-state index is 13.1. The van der Waals surface area contributed by atoms with Crippen LogP contribution in [0.15, 0.2) is 108 Å². The molecule has 8 nitrogen and oxygen atoms in total. The van der Waals surface area contributed by atoms with Crippen molar-refractivity contribution in [2.24, 2.45) is 4.99 Å². The standard InChI is InChI=1S/C32H24N2O6/c35-30-24-13-7-8-14-25(24)31(36)34(30)23-15-16-26(28(17-23)38-18-21-9-3-1-4-10-21)29-33-27(20-39-29)32(37)40-19-22-11-5-2-6-12-22/h1-17,27H,18-20H2/t27-/m0/s1. The van der Waals surface area contributed by atoms with Crippen LogP contribution in [0.1, 0.15) is 37.4 Å². The van der Waals surface area contributed by atoms with Crippen LogP contribution in [0.25, 0.3) is 0 Å². The molecule has 0 saturated carbocycles. The number of carbonyl (C=O) groups is 3. The Hall–Kier alpha value is -5.24. The SMILES string of the molecule is O=C(OCc1ccccc1)[C@@H]1COC(c2ccc(N3C(=O)c4ccccc4C3=O)cc2OCc2ccccc2)=N1. The van der Waals surface area contributed by atoms with Crippen LogP contribution in [-0.4, -0.2) is 36.3 Å². The van der Waals surface area contributed by atoms with Gasteiger partial charge in [0.1, 0.15) is 25.6 Å². The Kier molecular flexibility index (Phi) is 6.80. The van der Waals surface area contributed by atoms with E-state index in [0.717, 1.165) is 16.0 Å². The summed E-state index contributed by atoms with van der Waals surface area (Å²) in [5.74, 6) is -0.724. The van der Waals surface area contributed by atoms with E-state index >= 15 is 0 Å². The van der Waals surface area contributed by atoms with Gasteiger partial charge in [0.2, 0.25) is 5.90 Å². The number of benzene rings is 4. The van der Waals surface area contributed by atoms with Gasteiger partial charge < -0.3 is 14.2 Å². The van der Waals surface area contributed by atoms with Gasteiger partial charge in [0.05, 0.1) is 22.4 Å². The lowest BCUT2D eigenvalue weighted by Gasteiger charge is -2.18. The molecular weight excluding hydrogens is 508 g/mol. The van der Waals surface area contributed by atoms with Gasteiger partial charge in [0.25, 0.3) is 11.8 Å². The maximum Gasteiger partial charge on any atom is 0.334 e. The molecule has 40 heavy (non-hydrogen) atoms. The van der Waals surface area contributed by atoms with E-state index in [9.17, 15) is 14.4 Å².